The van der Waals surface area contributed by atoms with Crippen molar-refractivity contribution < 1.29 is 17.6 Å². The van der Waals surface area contributed by atoms with Crippen molar-refractivity contribution in [1.29, 1.82) is 0 Å². The summed E-state index contributed by atoms with van der Waals surface area (Å²) in [7, 11) is 0. The molecule has 150 valence electrons. The van der Waals surface area contributed by atoms with Crippen LogP contribution in [0.15, 0.2) is 45.4 Å². The average Bonchev–Trinajstić information content (AvgIpc) is 3.47. The lowest BCUT2D eigenvalue weighted by Gasteiger charge is -2.00. The number of alkyl halides is 2. The van der Waals surface area contributed by atoms with Crippen molar-refractivity contribution in [2.75, 3.05) is 5.73 Å². The molecule has 4 heterocycles. The molecule has 0 saturated carbocycles. The number of oxazole rings is 1. The molecule has 0 atom stereocenters. The molecule has 0 bridgehead atoms. The number of halogens is 2. The van der Waals surface area contributed by atoms with Crippen LogP contribution < -0.4 is 5.73 Å². The third-order valence-corrected chi connectivity index (χ3v) is 4.12. The van der Waals surface area contributed by atoms with Crippen LogP contribution in [0.3, 0.4) is 0 Å². The molecular formula is C17H11F2N9O2. The summed E-state index contributed by atoms with van der Waals surface area (Å²) in [5, 5.41) is 19.3. The van der Waals surface area contributed by atoms with Gasteiger partial charge in [0.25, 0.3) is 11.9 Å². The van der Waals surface area contributed by atoms with Gasteiger partial charge in [-0.2, -0.15) is 18.6 Å². The number of aromatic nitrogens is 8. The van der Waals surface area contributed by atoms with E-state index in [2.05, 4.69) is 35.6 Å². The molecule has 0 saturated heterocycles. The predicted octanol–water partition coefficient (Wildman–Crippen LogP) is 2.49. The van der Waals surface area contributed by atoms with Crippen LogP contribution in [0.2, 0.25) is 0 Å². The number of nitrogens with zero attached hydrogens (tertiary/aromatic N) is 8. The van der Waals surface area contributed by atoms with E-state index < -0.39 is 12.3 Å². The fourth-order valence-electron chi connectivity index (χ4n) is 2.74. The van der Waals surface area contributed by atoms with E-state index in [1.54, 1.807) is 30.3 Å². The Balaban J connectivity index is 1.33. The number of tetrazole rings is 1. The lowest BCUT2D eigenvalue weighted by molar-refractivity contribution is 0.116. The van der Waals surface area contributed by atoms with Crippen molar-refractivity contribution in [1.82, 2.24) is 40.4 Å². The van der Waals surface area contributed by atoms with E-state index in [9.17, 15) is 8.78 Å². The molecule has 0 aliphatic heterocycles. The number of benzene rings is 1. The van der Waals surface area contributed by atoms with Gasteiger partial charge in [-0.15, -0.1) is 20.4 Å². The highest BCUT2D eigenvalue weighted by Gasteiger charge is 2.17. The molecule has 5 aromatic rings. The number of hydrogen-bond acceptors (Lipinski definition) is 10. The molecule has 0 fully saturated rings. The van der Waals surface area contributed by atoms with Gasteiger partial charge in [-0.1, -0.05) is 0 Å². The summed E-state index contributed by atoms with van der Waals surface area (Å²) < 4.78 is 35.3. The van der Waals surface area contributed by atoms with Crippen LogP contribution in [0.4, 0.5) is 14.8 Å². The SMILES string of the molecule is Nc1nc2cc(-c3nnn(Cc4ccc(-c5nnc(C(F)F)o5)cn4)n3)ccc2o1. The van der Waals surface area contributed by atoms with Crippen molar-refractivity contribution in [3.8, 4) is 22.8 Å². The molecule has 0 aliphatic rings. The third kappa shape index (κ3) is 3.32. The van der Waals surface area contributed by atoms with Crippen molar-refractivity contribution in [3.63, 3.8) is 0 Å². The minimum atomic E-state index is -2.83. The van der Waals surface area contributed by atoms with E-state index in [0.29, 0.717) is 33.7 Å². The first-order valence-corrected chi connectivity index (χ1v) is 8.56. The first kappa shape index (κ1) is 17.8. The van der Waals surface area contributed by atoms with Crippen LogP contribution >= 0.6 is 0 Å². The van der Waals surface area contributed by atoms with Crippen molar-refractivity contribution in [2.45, 2.75) is 13.0 Å². The Bertz CT molecular complexity index is 1330. The van der Waals surface area contributed by atoms with E-state index >= 15 is 0 Å². The van der Waals surface area contributed by atoms with E-state index in [1.165, 1.54) is 11.0 Å². The molecule has 0 aliphatic carbocycles. The molecule has 0 radical (unpaired) electrons. The number of nitrogens with two attached hydrogens (primary N) is 1. The quantitative estimate of drug-likeness (QED) is 0.457. The molecule has 0 unspecified atom stereocenters. The summed E-state index contributed by atoms with van der Waals surface area (Å²) >= 11 is 0. The topological polar surface area (TPSA) is 147 Å². The smallest absolute Gasteiger partial charge is 0.314 e. The molecular weight excluding hydrogens is 400 g/mol. The van der Waals surface area contributed by atoms with Crippen LogP contribution in [0.25, 0.3) is 33.9 Å². The van der Waals surface area contributed by atoms with Crippen molar-refractivity contribution in [3.05, 3.63) is 48.1 Å². The fourth-order valence-corrected chi connectivity index (χ4v) is 2.74. The summed E-state index contributed by atoms with van der Waals surface area (Å²) in [6, 6.07) is 8.65. The molecule has 1 aromatic carbocycles. The van der Waals surface area contributed by atoms with Gasteiger partial charge in [-0.3, -0.25) is 4.98 Å². The Morgan fingerprint density at radius 3 is 2.67 bits per heavy atom. The zero-order valence-electron chi connectivity index (χ0n) is 15.0. The van der Waals surface area contributed by atoms with Gasteiger partial charge in [0.1, 0.15) is 12.1 Å². The Hall–Kier alpha value is -4.29. The third-order valence-electron chi connectivity index (χ3n) is 4.12. The fraction of sp³-hybridized carbons (Fsp3) is 0.118. The van der Waals surface area contributed by atoms with E-state index in [4.69, 9.17) is 14.6 Å². The zero-order chi connectivity index (χ0) is 20.7. The van der Waals surface area contributed by atoms with Gasteiger partial charge in [0, 0.05) is 11.8 Å². The maximum atomic E-state index is 12.6. The second kappa shape index (κ2) is 6.95. The monoisotopic (exact) mass is 411 g/mol. The number of nitrogen functional groups attached to an aromatic ring is 1. The molecule has 5 rings (SSSR count). The van der Waals surface area contributed by atoms with Crippen molar-refractivity contribution in [2.24, 2.45) is 0 Å². The number of anilines is 1. The van der Waals surface area contributed by atoms with E-state index in [-0.39, 0.29) is 18.5 Å². The van der Waals surface area contributed by atoms with Gasteiger partial charge in [0.15, 0.2) is 5.58 Å². The summed E-state index contributed by atoms with van der Waals surface area (Å²) in [5.74, 6) is -0.366. The Morgan fingerprint density at radius 2 is 1.90 bits per heavy atom. The Morgan fingerprint density at radius 1 is 1.03 bits per heavy atom. The second-order valence-corrected chi connectivity index (χ2v) is 6.16. The van der Waals surface area contributed by atoms with Crippen LogP contribution in [0.1, 0.15) is 18.0 Å². The molecule has 0 spiro atoms. The van der Waals surface area contributed by atoms with E-state index in [0.717, 1.165) is 0 Å². The molecule has 13 heteroatoms. The molecule has 4 aromatic heterocycles. The maximum absolute atomic E-state index is 12.6. The summed E-state index contributed by atoms with van der Waals surface area (Å²) in [5.41, 5.74) is 8.46. The van der Waals surface area contributed by atoms with Gasteiger partial charge >= 0.3 is 6.43 Å². The minimum absolute atomic E-state index is 0.0330. The predicted molar refractivity (Wildman–Crippen MR) is 96.8 cm³/mol. The molecule has 2 N–H and O–H groups in total. The zero-order valence-corrected chi connectivity index (χ0v) is 15.0. The molecule has 11 nitrogen and oxygen atoms in total. The van der Waals surface area contributed by atoms with Crippen LogP contribution in [0.5, 0.6) is 0 Å². The van der Waals surface area contributed by atoms with Crippen molar-refractivity contribution >= 4 is 17.1 Å². The van der Waals surface area contributed by atoms with Crippen LogP contribution in [-0.2, 0) is 6.54 Å². The minimum Gasteiger partial charge on any atom is -0.424 e. The summed E-state index contributed by atoms with van der Waals surface area (Å²) in [4.78, 5) is 9.70. The lowest BCUT2D eigenvalue weighted by Crippen LogP contribution is -2.05. The first-order valence-electron chi connectivity index (χ1n) is 8.56. The second-order valence-electron chi connectivity index (χ2n) is 6.16. The Kier molecular flexibility index (Phi) is 4.12. The highest BCUT2D eigenvalue weighted by atomic mass is 19.3. The summed E-state index contributed by atoms with van der Waals surface area (Å²) in [6.45, 7) is 0.249. The van der Waals surface area contributed by atoms with E-state index in [1.807, 2.05) is 0 Å². The summed E-state index contributed by atoms with van der Waals surface area (Å²) in [6.07, 6.45) is -1.38. The maximum Gasteiger partial charge on any atom is 0.314 e. The Labute approximate surface area is 165 Å². The van der Waals surface area contributed by atoms with Crippen LogP contribution in [-0.4, -0.2) is 40.4 Å². The molecule has 30 heavy (non-hydrogen) atoms. The number of rotatable bonds is 5. The molecule has 0 amide bonds. The normalized spacial score (nSPS) is 11.6. The lowest BCUT2D eigenvalue weighted by atomic mass is 10.2. The van der Waals surface area contributed by atoms with Gasteiger partial charge < -0.3 is 14.6 Å². The highest BCUT2D eigenvalue weighted by molar-refractivity contribution is 5.79. The largest absolute Gasteiger partial charge is 0.424 e. The number of pyridine rings is 1. The first-order chi connectivity index (χ1) is 14.5. The standard InChI is InChI=1S/C17H11F2N9O2/c18-13(19)16-25-24-15(30-16)9-1-3-10(21-6-9)7-28-26-14(23-27-28)8-2-4-12-11(5-8)22-17(20)29-12/h1-6,13H,7H2,(H2,20,22). The van der Waals surface area contributed by atoms with Crippen LogP contribution in [0, 0.1) is 0 Å². The van der Waals surface area contributed by atoms with Gasteiger partial charge in [-0.05, 0) is 35.5 Å². The highest BCUT2D eigenvalue weighted by Crippen LogP contribution is 2.24. The van der Waals surface area contributed by atoms with Gasteiger partial charge in [0.05, 0.1) is 11.3 Å². The van der Waals surface area contributed by atoms with Gasteiger partial charge in [-0.25, -0.2) is 0 Å². The number of hydrogen-bond donors (Lipinski definition) is 1. The number of fused-ring (bicyclic) bond motifs is 1. The van der Waals surface area contributed by atoms with Gasteiger partial charge in [0.2, 0.25) is 11.7 Å². The average molecular weight is 411 g/mol.